The summed E-state index contributed by atoms with van der Waals surface area (Å²) in [7, 11) is 0. The molecule has 5 rings (SSSR count). The van der Waals surface area contributed by atoms with Crippen LogP contribution in [0.1, 0.15) is 31.4 Å². The number of carbonyl (C=O) groups is 1. The van der Waals surface area contributed by atoms with Crippen molar-refractivity contribution >= 4 is 22.6 Å². The summed E-state index contributed by atoms with van der Waals surface area (Å²) < 4.78 is 2.09. The van der Waals surface area contributed by atoms with Gasteiger partial charge >= 0.3 is 0 Å². The molecule has 1 fully saturated rings. The first-order chi connectivity index (χ1) is 15.7. The molecule has 6 heteroatoms. The van der Waals surface area contributed by atoms with E-state index in [0.717, 1.165) is 48.6 Å². The molecule has 3 heterocycles. The van der Waals surface area contributed by atoms with E-state index in [-0.39, 0.29) is 17.9 Å². The van der Waals surface area contributed by atoms with Crippen LogP contribution in [-0.2, 0) is 4.79 Å². The number of fused-ring (bicyclic) bond motifs is 1. The monoisotopic (exact) mass is 425 g/mol. The van der Waals surface area contributed by atoms with Crippen molar-refractivity contribution in [2.45, 2.75) is 25.8 Å². The van der Waals surface area contributed by atoms with Crippen molar-refractivity contribution in [1.29, 1.82) is 0 Å². The summed E-state index contributed by atoms with van der Waals surface area (Å²) >= 11 is 0. The van der Waals surface area contributed by atoms with E-state index in [4.69, 9.17) is 0 Å². The molecule has 2 aromatic carbocycles. The van der Waals surface area contributed by atoms with Crippen molar-refractivity contribution in [3.63, 3.8) is 0 Å². The highest BCUT2D eigenvalue weighted by atomic mass is 16.1. The lowest BCUT2D eigenvalue weighted by Crippen LogP contribution is -2.41. The Labute approximate surface area is 187 Å². The topological polar surface area (TPSA) is 63.1 Å². The first kappa shape index (κ1) is 20.2. The van der Waals surface area contributed by atoms with Gasteiger partial charge in [0.05, 0.1) is 11.6 Å². The van der Waals surface area contributed by atoms with Crippen molar-refractivity contribution < 1.29 is 4.79 Å². The molecule has 0 spiro atoms. The average Bonchev–Trinajstić information content (AvgIpc) is 3.29. The highest BCUT2D eigenvalue weighted by Crippen LogP contribution is 2.25. The third kappa shape index (κ3) is 4.08. The molecule has 2 aromatic heterocycles. The number of anilines is 1. The number of hydrogen-bond donors (Lipinski definition) is 1. The lowest BCUT2D eigenvalue weighted by Gasteiger charge is -2.32. The highest BCUT2D eigenvalue weighted by molar-refractivity contribution is 5.81. The molecule has 0 bridgehead atoms. The van der Waals surface area contributed by atoms with Crippen LogP contribution in [0.25, 0.3) is 16.7 Å². The van der Waals surface area contributed by atoms with E-state index in [1.54, 1.807) is 6.33 Å². The summed E-state index contributed by atoms with van der Waals surface area (Å²) in [5.41, 5.74) is 2.25. The lowest BCUT2D eigenvalue weighted by atomic mass is 9.95. The molecule has 1 aliphatic rings. The largest absolute Gasteiger partial charge is 0.356 e. The van der Waals surface area contributed by atoms with E-state index < -0.39 is 0 Å². The average molecular weight is 426 g/mol. The fourth-order valence-corrected chi connectivity index (χ4v) is 4.45. The number of nitrogens with zero attached hydrogens (tertiary/aromatic N) is 4. The van der Waals surface area contributed by atoms with Gasteiger partial charge in [-0.05, 0) is 42.8 Å². The standard InChI is InChI=1S/C26H27N5O/c1-19(20-7-3-2-4-8-20)29-26(32)22-11-14-30(15-12-22)24-17-25(28-18-27-24)31-16-13-21-9-5-6-10-23(21)31/h2-10,13,16-19,22H,11-12,14-15H2,1H3,(H,29,32). The van der Waals surface area contributed by atoms with Crippen molar-refractivity contribution in [2.75, 3.05) is 18.0 Å². The van der Waals surface area contributed by atoms with E-state index in [9.17, 15) is 4.79 Å². The fraction of sp³-hybridized carbons (Fsp3) is 0.269. The zero-order chi connectivity index (χ0) is 21.9. The second kappa shape index (κ2) is 8.83. The second-order valence-electron chi connectivity index (χ2n) is 8.38. The number of nitrogens with one attached hydrogen (secondary N) is 1. The van der Waals surface area contributed by atoms with Gasteiger partial charge in [0.2, 0.25) is 5.91 Å². The smallest absolute Gasteiger partial charge is 0.223 e. The minimum atomic E-state index is 0.0162. The highest BCUT2D eigenvalue weighted by Gasteiger charge is 2.26. The van der Waals surface area contributed by atoms with Crippen LogP contribution in [-0.4, -0.2) is 33.5 Å². The first-order valence-electron chi connectivity index (χ1n) is 11.2. The number of amides is 1. The van der Waals surface area contributed by atoms with E-state index >= 15 is 0 Å². The van der Waals surface area contributed by atoms with Crippen molar-refractivity contribution in [3.05, 3.63) is 84.8 Å². The summed E-state index contributed by atoms with van der Waals surface area (Å²) in [4.78, 5) is 24.1. The Bertz CT molecular complexity index is 1210. The molecule has 1 amide bonds. The maximum atomic E-state index is 12.8. The van der Waals surface area contributed by atoms with Gasteiger partial charge in [0, 0.05) is 31.3 Å². The molecular formula is C26H27N5O. The maximum absolute atomic E-state index is 12.8. The molecule has 0 aliphatic carbocycles. The Hall–Kier alpha value is -3.67. The summed E-state index contributed by atoms with van der Waals surface area (Å²) in [5.74, 6) is 1.94. The normalized spacial score (nSPS) is 15.6. The third-order valence-corrected chi connectivity index (χ3v) is 6.33. The lowest BCUT2D eigenvalue weighted by molar-refractivity contribution is -0.126. The predicted molar refractivity (Wildman–Crippen MR) is 127 cm³/mol. The van der Waals surface area contributed by atoms with Crippen molar-refractivity contribution in [2.24, 2.45) is 5.92 Å². The number of hydrogen-bond acceptors (Lipinski definition) is 4. The second-order valence-corrected chi connectivity index (χ2v) is 8.38. The van der Waals surface area contributed by atoms with E-state index in [2.05, 4.69) is 43.0 Å². The van der Waals surface area contributed by atoms with Crippen LogP contribution in [0.2, 0.25) is 0 Å². The van der Waals surface area contributed by atoms with Gasteiger partial charge in [0.15, 0.2) is 0 Å². The number of piperidine rings is 1. The number of benzene rings is 2. The van der Waals surface area contributed by atoms with Gasteiger partial charge in [-0.1, -0.05) is 48.5 Å². The Kier molecular flexibility index (Phi) is 5.58. The Balaban J connectivity index is 1.24. The van der Waals surface area contributed by atoms with Crippen LogP contribution < -0.4 is 10.2 Å². The Morgan fingerprint density at radius 1 is 0.969 bits per heavy atom. The van der Waals surface area contributed by atoms with E-state index in [1.165, 1.54) is 5.39 Å². The molecule has 1 aliphatic heterocycles. The zero-order valence-electron chi connectivity index (χ0n) is 18.2. The number of rotatable bonds is 5. The molecular weight excluding hydrogens is 398 g/mol. The van der Waals surface area contributed by atoms with Crippen LogP contribution in [0, 0.1) is 5.92 Å². The van der Waals surface area contributed by atoms with Crippen molar-refractivity contribution in [3.8, 4) is 5.82 Å². The Morgan fingerprint density at radius 2 is 1.69 bits per heavy atom. The minimum Gasteiger partial charge on any atom is -0.356 e. The van der Waals surface area contributed by atoms with Gasteiger partial charge in [-0.3, -0.25) is 4.79 Å². The number of carbonyl (C=O) groups excluding carboxylic acids is 1. The Morgan fingerprint density at radius 3 is 2.50 bits per heavy atom. The van der Waals surface area contributed by atoms with E-state index in [1.807, 2.05) is 61.7 Å². The predicted octanol–water partition coefficient (Wildman–Crippen LogP) is 4.51. The van der Waals surface area contributed by atoms with Gasteiger partial charge in [-0.25, -0.2) is 9.97 Å². The van der Waals surface area contributed by atoms with Gasteiger partial charge in [0.25, 0.3) is 0 Å². The molecule has 162 valence electrons. The third-order valence-electron chi connectivity index (χ3n) is 6.33. The van der Waals surface area contributed by atoms with Crippen LogP contribution in [0.5, 0.6) is 0 Å². The molecule has 1 N–H and O–H groups in total. The molecule has 4 aromatic rings. The quantitative estimate of drug-likeness (QED) is 0.511. The number of para-hydroxylation sites is 1. The van der Waals surface area contributed by atoms with Crippen LogP contribution in [0.3, 0.4) is 0 Å². The summed E-state index contributed by atoms with van der Waals surface area (Å²) in [6, 6.07) is 22.5. The molecule has 1 unspecified atom stereocenters. The van der Waals surface area contributed by atoms with Gasteiger partial charge in [0.1, 0.15) is 18.0 Å². The maximum Gasteiger partial charge on any atom is 0.223 e. The molecule has 6 nitrogen and oxygen atoms in total. The van der Waals surface area contributed by atoms with Gasteiger partial charge < -0.3 is 14.8 Å². The molecule has 1 saturated heterocycles. The van der Waals surface area contributed by atoms with Crippen LogP contribution >= 0.6 is 0 Å². The summed E-state index contributed by atoms with van der Waals surface area (Å²) in [6.07, 6.45) is 5.30. The fourth-order valence-electron chi connectivity index (χ4n) is 4.45. The van der Waals surface area contributed by atoms with Crippen LogP contribution in [0.4, 0.5) is 5.82 Å². The molecule has 1 atom stereocenters. The summed E-state index contributed by atoms with van der Waals surface area (Å²) in [6.45, 7) is 3.65. The summed E-state index contributed by atoms with van der Waals surface area (Å²) in [5, 5.41) is 4.36. The molecule has 0 radical (unpaired) electrons. The van der Waals surface area contributed by atoms with E-state index in [0.29, 0.717) is 0 Å². The molecule has 0 saturated carbocycles. The van der Waals surface area contributed by atoms with Gasteiger partial charge in [-0.2, -0.15) is 0 Å². The minimum absolute atomic E-state index is 0.0162. The first-order valence-corrected chi connectivity index (χ1v) is 11.2. The van der Waals surface area contributed by atoms with Gasteiger partial charge in [-0.15, -0.1) is 0 Å². The van der Waals surface area contributed by atoms with Crippen molar-refractivity contribution in [1.82, 2.24) is 19.9 Å². The molecule has 32 heavy (non-hydrogen) atoms. The van der Waals surface area contributed by atoms with Crippen LogP contribution in [0.15, 0.2) is 79.3 Å². The zero-order valence-corrected chi connectivity index (χ0v) is 18.2. The SMILES string of the molecule is CC(NC(=O)C1CCN(c2cc(-n3ccc4ccccc43)ncn2)CC1)c1ccccc1. The number of aromatic nitrogens is 3.